The molecule has 1 heterocycles. The van der Waals surface area contributed by atoms with Crippen LogP contribution < -0.4 is 16.4 Å². The first-order valence-corrected chi connectivity index (χ1v) is 7.00. The summed E-state index contributed by atoms with van der Waals surface area (Å²) in [5.74, 6) is 1.10. The zero-order valence-electron chi connectivity index (χ0n) is 11.4. The van der Waals surface area contributed by atoms with E-state index >= 15 is 0 Å². The molecule has 0 aliphatic rings. The minimum absolute atomic E-state index is 0.142. The van der Waals surface area contributed by atoms with E-state index in [1.807, 2.05) is 13.8 Å². The van der Waals surface area contributed by atoms with E-state index in [1.165, 1.54) is 11.3 Å². The molecule has 0 aromatic carbocycles. The second-order valence-corrected chi connectivity index (χ2v) is 6.11. The maximum Gasteiger partial charge on any atom is 0.265 e. The molecule has 0 bridgehead atoms. The van der Waals surface area contributed by atoms with E-state index < -0.39 is 0 Å². The third-order valence-corrected chi connectivity index (χ3v) is 3.22. The van der Waals surface area contributed by atoms with Gasteiger partial charge in [0.25, 0.3) is 5.91 Å². The molecule has 0 aliphatic heterocycles. The average Bonchev–Trinajstić information content (AvgIpc) is 2.64. The second kappa shape index (κ2) is 6.58. The normalized spacial score (nSPS) is 11.0. The van der Waals surface area contributed by atoms with Crippen LogP contribution in [-0.2, 0) is 0 Å². The SMILES string of the molecule is CC(C)CNC(=O)c1sc(NCC(C)C)nc1N. The molecule has 6 heteroatoms. The van der Waals surface area contributed by atoms with Crippen molar-refractivity contribution >= 4 is 28.2 Å². The van der Waals surface area contributed by atoms with Crippen molar-refractivity contribution in [2.75, 3.05) is 24.1 Å². The number of carbonyl (C=O) groups is 1. The van der Waals surface area contributed by atoms with Gasteiger partial charge in [0.1, 0.15) is 10.7 Å². The van der Waals surface area contributed by atoms with Gasteiger partial charge in [0.2, 0.25) is 0 Å². The molecule has 0 atom stereocenters. The summed E-state index contributed by atoms with van der Waals surface area (Å²) in [5, 5.41) is 6.72. The highest BCUT2D eigenvalue weighted by atomic mass is 32.1. The van der Waals surface area contributed by atoms with Gasteiger partial charge in [-0.15, -0.1) is 0 Å². The summed E-state index contributed by atoms with van der Waals surface area (Å²) in [7, 11) is 0. The number of amides is 1. The molecule has 4 N–H and O–H groups in total. The number of nitrogens with one attached hydrogen (secondary N) is 2. The Morgan fingerprint density at radius 2 is 1.89 bits per heavy atom. The quantitative estimate of drug-likeness (QED) is 0.740. The fourth-order valence-electron chi connectivity index (χ4n) is 1.24. The van der Waals surface area contributed by atoms with Crippen LogP contribution in [0.2, 0.25) is 0 Å². The number of nitrogen functional groups attached to an aromatic ring is 1. The van der Waals surface area contributed by atoms with Crippen LogP contribution in [0.3, 0.4) is 0 Å². The Balaban J connectivity index is 2.63. The lowest BCUT2D eigenvalue weighted by atomic mass is 10.2. The topological polar surface area (TPSA) is 80.0 Å². The van der Waals surface area contributed by atoms with Crippen LogP contribution in [0, 0.1) is 11.8 Å². The Kier molecular flexibility index (Phi) is 5.40. The first-order chi connectivity index (χ1) is 8.40. The zero-order valence-corrected chi connectivity index (χ0v) is 12.2. The van der Waals surface area contributed by atoms with Gasteiger partial charge in [-0.1, -0.05) is 39.0 Å². The van der Waals surface area contributed by atoms with Gasteiger partial charge in [-0.25, -0.2) is 4.98 Å². The fraction of sp³-hybridized carbons (Fsp3) is 0.667. The molecule has 0 spiro atoms. The minimum atomic E-state index is -0.142. The number of hydrogen-bond acceptors (Lipinski definition) is 5. The molecule has 5 nitrogen and oxygen atoms in total. The van der Waals surface area contributed by atoms with E-state index in [2.05, 4.69) is 29.5 Å². The summed E-state index contributed by atoms with van der Waals surface area (Å²) < 4.78 is 0. The Morgan fingerprint density at radius 3 is 2.44 bits per heavy atom. The molecule has 0 aliphatic carbocycles. The van der Waals surface area contributed by atoms with Crippen molar-refractivity contribution in [2.45, 2.75) is 27.7 Å². The maximum absolute atomic E-state index is 11.9. The van der Waals surface area contributed by atoms with E-state index in [1.54, 1.807) is 0 Å². The number of rotatable bonds is 6. The van der Waals surface area contributed by atoms with Crippen LogP contribution in [0.4, 0.5) is 10.9 Å². The summed E-state index contributed by atoms with van der Waals surface area (Å²) in [6, 6.07) is 0. The van der Waals surface area contributed by atoms with E-state index in [0.29, 0.717) is 34.2 Å². The molecule has 0 unspecified atom stereocenters. The highest BCUT2D eigenvalue weighted by molar-refractivity contribution is 7.18. The summed E-state index contributed by atoms with van der Waals surface area (Å²) in [6.07, 6.45) is 0. The average molecular weight is 270 g/mol. The summed E-state index contributed by atoms with van der Waals surface area (Å²) >= 11 is 1.30. The monoisotopic (exact) mass is 270 g/mol. The second-order valence-electron chi connectivity index (χ2n) is 5.11. The van der Waals surface area contributed by atoms with Gasteiger partial charge in [-0.2, -0.15) is 0 Å². The molecule has 1 amide bonds. The fourth-order valence-corrected chi connectivity index (χ4v) is 2.05. The molecular weight excluding hydrogens is 248 g/mol. The Bertz CT molecular complexity index is 401. The van der Waals surface area contributed by atoms with Gasteiger partial charge >= 0.3 is 0 Å². The predicted molar refractivity (Wildman–Crippen MR) is 77.0 cm³/mol. The van der Waals surface area contributed by atoms with Gasteiger partial charge < -0.3 is 16.4 Å². The molecule has 1 aromatic rings. The van der Waals surface area contributed by atoms with Crippen LogP contribution >= 0.6 is 11.3 Å². The highest BCUT2D eigenvalue weighted by Crippen LogP contribution is 2.24. The minimum Gasteiger partial charge on any atom is -0.382 e. The van der Waals surface area contributed by atoms with Gasteiger partial charge in [-0.3, -0.25) is 4.79 Å². The molecular formula is C12H22N4OS. The number of nitrogens with two attached hydrogens (primary N) is 1. The smallest absolute Gasteiger partial charge is 0.265 e. The molecule has 102 valence electrons. The highest BCUT2D eigenvalue weighted by Gasteiger charge is 2.16. The number of anilines is 2. The molecule has 1 rings (SSSR count). The van der Waals surface area contributed by atoms with Crippen LogP contribution in [0.1, 0.15) is 37.4 Å². The zero-order chi connectivity index (χ0) is 13.7. The Labute approximate surface area is 112 Å². The lowest BCUT2D eigenvalue weighted by Crippen LogP contribution is -2.27. The van der Waals surface area contributed by atoms with Gasteiger partial charge in [-0.05, 0) is 11.8 Å². The van der Waals surface area contributed by atoms with Crippen molar-refractivity contribution in [2.24, 2.45) is 11.8 Å². The number of aromatic nitrogens is 1. The number of nitrogens with zero attached hydrogens (tertiary/aromatic N) is 1. The lowest BCUT2D eigenvalue weighted by Gasteiger charge is -2.06. The number of thiazole rings is 1. The van der Waals surface area contributed by atoms with E-state index in [9.17, 15) is 4.79 Å². The van der Waals surface area contributed by atoms with Crippen molar-refractivity contribution in [1.29, 1.82) is 0 Å². The molecule has 0 saturated carbocycles. The summed E-state index contributed by atoms with van der Waals surface area (Å²) in [6.45, 7) is 9.78. The largest absolute Gasteiger partial charge is 0.382 e. The van der Waals surface area contributed by atoms with Gasteiger partial charge in [0.05, 0.1) is 0 Å². The Hall–Kier alpha value is -1.30. The van der Waals surface area contributed by atoms with Crippen molar-refractivity contribution in [3.63, 3.8) is 0 Å². The van der Waals surface area contributed by atoms with Crippen molar-refractivity contribution in [3.8, 4) is 0 Å². The molecule has 0 fully saturated rings. The molecule has 0 saturated heterocycles. The van der Waals surface area contributed by atoms with Gasteiger partial charge in [0.15, 0.2) is 5.13 Å². The third kappa shape index (κ3) is 4.52. The standard InChI is InChI=1S/C12H22N4OS/c1-7(2)5-14-11(17)9-10(13)16-12(18-9)15-6-8(3)4/h7-8H,5-6,13H2,1-4H3,(H,14,17)(H,15,16). The predicted octanol–water partition coefficient (Wildman–Crippen LogP) is 2.18. The van der Waals surface area contributed by atoms with E-state index in [-0.39, 0.29) is 5.91 Å². The van der Waals surface area contributed by atoms with E-state index in [0.717, 1.165) is 6.54 Å². The van der Waals surface area contributed by atoms with Crippen LogP contribution in [-0.4, -0.2) is 24.0 Å². The van der Waals surface area contributed by atoms with Crippen LogP contribution in [0.15, 0.2) is 0 Å². The van der Waals surface area contributed by atoms with Crippen molar-refractivity contribution in [1.82, 2.24) is 10.3 Å². The maximum atomic E-state index is 11.9. The molecule has 18 heavy (non-hydrogen) atoms. The third-order valence-electron chi connectivity index (χ3n) is 2.19. The van der Waals surface area contributed by atoms with Crippen molar-refractivity contribution in [3.05, 3.63) is 4.88 Å². The van der Waals surface area contributed by atoms with Crippen LogP contribution in [0.5, 0.6) is 0 Å². The molecule has 0 radical (unpaired) electrons. The summed E-state index contributed by atoms with van der Waals surface area (Å²) in [5.41, 5.74) is 5.75. The Morgan fingerprint density at radius 1 is 1.28 bits per heavy atom. The number of carbonyl (C=O) groups excluding carboxylic acids is 1. The van der Waals surface area contributed by atoms with Crippen LogP contribution in [0.25, 0.3) is 0 Å². The lowest BCUT2D eigenvalue weighted by molar-refractivity contribution is 0.0953. The summed E-state index contributed by atoms with van der Waals surface area (Å²) in [4.78, 5) is 16.5. The first-order valence-electron chi connectivity index (χ1n) is 6.18. The van der Waals surface area contributed by atoms with Crippen molar-refractivity contribution < 1.29 is 4.79 Å². The molecule has 1 aromatic heterocycles. The first kappa shape index (κ1) is 14.8. The number of hydrogen-bond donors (Lipinski definition) is 3. The van der Waals surface area contributed by atoms with Gasteiger partial charge in [0, 0.05) is 13.1 Å². The van der Waals surface area contributed by atoms with E-state index in [4.69, 9.17) is 5.73 Å².